The van der Waals surface area contributed by atoms with E-state index in [1.807, 2.05) is 31.2 Å². The van der Waals surface area contributed by atoms with E-state index in [9.17, 15) is 0 Å². The van der Waals surface area contributed by atoms with Gasteiger partial charge in [-0.1, -0.05) is 18.3 Å². The molecule has 0 saturated heterocycles. The van der Waals surface area contributed by atoms with Crippen LogP contribution >= 0.6 is 24.8 Å². The van der Waals surface area contributed by atoms with Crippen molar-refractivity contribution >= 4 is 35.1 Å². The second-order valence-corrected chi connectivity index (χ2v) is 3.55. The average molecular weight is 195 g/mol. The van der Waals surface area contributed by atoms with Crippen LogP contribution in [0, 0.1) is 0 Å². The van der Waals surface area contributed by atoms with Crippen molar-refractivity contribution in [2.75, 3.05) is 0 Å². The normalized spacial score (nSPS) is 11.3. The van der Waals surface area contributed by atoms with E-state index in [0.717, 1.165) is 11.3 Å². The van der Waals surface area contributed by atoms with E-state index < -0.39 is 0 Å². The highest BCUT2D eigenvalue weighted by molar-refractivity contribution is 8.11. The van der Waals surface area contributed by atoms with E-state index in [2.05, 4.69) is 17.6 Å². The first-order valence-corrected chi connectivity index (χ1v) is 4.38. The summed E-state index contributed by atoms with van der Waals surface area (Å²) in [4.78, 5) is 4.13. The molecule has 3 heteroatoms. The summed E-state index contributed by atoms with van der Waals surface area (Å²) >= 11 is 8.94. The molecule has 0 amide bonds. The molecule has 0 bridgehead atoms. The lowest BCUT2D eigenvalue weighted by Gasteiger charge is -1.95. The molecule has 0 aliphatic heterocycles. The van der Waals surface area contributed by atoms with Gasteiger partial charge in [0, 0.05) is 6.20 Å². The summed E-state index contributed by atoms with van der Waals surface area (Å²) in [6.45, 7) is 1.92. The predicted octanol–water partition coefficient (Wildman–Crippen LogP) is 2.74. The number of thiocarbonyl (C=S) groups is 1. The van der Waals surface area contributed by atoms with Gasteiger partial charge in [-0.05, 0) is 30.7 Å². The molecule has 62 valence electrons. The number of thiol groups is 1. The van der Waals surface area contributed by atoms with Crippen LogP contribution in [0.4, 0.5) is 0 Å². The van der Waals surface area contributed by atoms with Crippen molar-refractivity contribution in [3.63, 3.8) is 0 Å². The molecule has 0 aromatic carbocycles. The Balaban J connectivity index is 2.89. The first-order chi connectivity index (χ1) is 5.70. The molecule has 1 aromatic heterocycles. The van der Waals surface area contributed by atoms with Crippen molar-refractivity contribution in [2.24, 2.45) is 0 Å². The van der Waals surface area contributed by atoms with Crippen molar-refractivity contribution < 1.29 is 0 Å². The largest absolute Gasteiger partial charge is 0.257 e. The minimum absolute atomic E-state index is 0.612. The predicted molar refractivity (Wildman–Crippen MR) is 59.5 cm³/mol. The van der Waals surface area contributed by atoms with E-state index in [0.29, 0.717) is 4.20 Å². The summed E-state index contributed by atoms with van der Waals surface area (Å²) in [6, 6.07) is 5.74. The second kappa shape index (κ2) is 4.38. The Labute approximate surface area is 82.9 Å². The lowest BCUT2D eigenvalue weighted by molar-refractivity contribution is 1.29. The summed E-state index contributed by atoms with van der Waals surface area (Å²) < 4.78 is 0.612. The van der Waals surface area contributed by atoms with Crippen LogP contribution in [-0.2, 0) is 0 Å². The van der Waals surface area contributed by atoms with Gasteiger partial charge in [0.05, 0.1) is 9.89 Å². The minimum atomic E-state index is 0.612. The summed E-state index contributed by atoms with van der Waals surface area (Å²) in [6.07, 6.45) is 3.66. The molecule has 1 rings (SSSR count). The Bertz CT molecular complexity index is 304. The lowest BCUT2D eigenvalue weighted by Crippen LogP contribution is -1.85. The monoisotopic (exact) mass is 195 g/mol. The summed E-state index contributed by atoms with van der Waals surface area (Å²) in [5.41, 5.74) is 1.87. The van der Waals surface area contributed by atoms with Crippen LogP contribution in [0.2, 0.25) is 0 Å². The zero-order valence-corrected chi connectivity index (χ0v) is 8.40. The van der Waals surface area contributed by atoms with Gasteiger partial charge in [-0.25, -0.2) is 0 Å². The Morgan fingerprint density at radius 1 is 1.58 bits per heavy atom. The quantitative estimate of drug-likeness (QED) is 0.443. The lowest BCUT2D eigenvalue weighted by atomic mass is 10.2. The van der Waals surface area contributed by atoms with Crippen LogP contribution < -0.4 is 0 Å². The number of pyridine rings is 1. The first-order valence-electron chi connectivity index (χ1n) is 3.53. The Hall–Kier alpha value is -0.670. The van der Waals surface area contributed by atoms with Gasteiger partial charge in [0.1, 0.15) is 0 Å². The fourth-order valence-corrected chi connectivity index (χ4v) is 0.868. The zero-order valence-electron chi connectivity index (χ0n) is 6.69. The third kappa shape index (κ3) is 2.75. The fraction of sp³-hybridized carbons (Fsp3) is 0.111. The van der Waals surface area contributed by atoms with Crippen LogP contribution in [-0.4, -0.2) is 9.18 Å². The molecule has 0 fully saturated rings. The van der Waals surface area contributed by atoms with Gasteiger partial charge < -0.3 is 0 Å². The van der Waals surface area contributed by atoms with Gasteiger partial charge in [-0.15, -0.1) is 12.6 Å². The number of hydrogen-bond acceptors (Lipinski definition) is 2. The highest BCUT2D eigenvalue weighted by Crippen LogP contribution is 2.06. The molecule has 0 radical (unpaired) electrons. The minimum Gasteiger partial charge on any atom is -0.257 e. The maximum Gasteiger partial charge on any atom is 0.0705 e. The van der Waals surface area contributed by atoms with Crippen LogP contribution in [0.1, 0.15) is 12.6 Å². The van der Waals surface area contributed by atoms with Crippen molar-refractivity contribution in [1.29, 1.82) is 0 Å². The molecular formula is C9H9NS2. The highest BCUT2D eigenvalue weighted by Gasteiger charge is 1.93. The van der Waals surface area contributed by atoms with Crippen molar-refractivity contribution in [2.45, 2.75) is 6.92 Å². The SMILES string of the molecule is CC(=Cc1ccccn1)C(=S)S. The van der Waals surface area contributed by atoms with Crippen molar-refractivity contribution in [1.82, 2.24) is 4.98 Å². The van der Waals surface area contributed by atoms with Crippen LogP contribution in [0.15, 0.2) is 30.0 Å². The number of hydrogen-bond donors (Lipinski definition) is 1. The second-order valence-electron chi connectivity index (χ2n) is 2.39. The maximum atomic E-state index is 4.89. The van der Waals surface area contributed by atoms with Gasteiger partial charge in [-0.2, -0.15) is 0 Å². The zero-order chi connectivity index (χ0) is 8.97. The fourth-order valence-electron chi connectivity index (χ4n) is 0.745. The van der Waals surface area contributed by atoms with Crippen molar-refractivity contribution in [3.8, 4) is 0 Å². The van der Waals surface area contributed by atoms with E-state index in [4.69, 9.17) is 12.2 Å². The molecule has 0 aliphatic rings. The molecule has 12 heavy (non-hydrogen) atoms. The highest BCUT2D eigenvalue weighted by atomic mass is 32.1. The summed E-state index contributed by atoms with van der Waals surface area (Å²) in [5, 5.41) is 0. The van der Waals surface area contributed by atoms with Crippen LogP contribution in [0.3, 0.4) is 0 Å². The van der Waals surface area contributed by atoms with Gasteiger partial charge in [-0.3, -0.25) is 4.98 Å². The summed E-state index contributed by atoms with van der Waals surface area (Å²) in [7, 11) is 0. The molecule has 0 aliphatic carbocycles. The molecule has 1 heterocycles. The van der Waals surface area contributed by atoms with Gasteiger partial charge >= 0.3 is 0 Å². The van der Waals surface area contributed by atoms with E-state index >= 15 is 0 Å². The molecule has 0 N–H and O–H groups in total. The van der Waals surface area contributed by atoms with Gasteiger partial charge in [0.2, 0.25) is 0 Å². The molecular weight excluding hydrogens is 186 g/mol. The maximum absolute atomic E-state index is 4.89. The topological polar surface area (TPSA) is 12.9 Å². The Morgan fingerprint density at radius 2 is 2.33 bits per heavy atom. The molecule has 1 nitrogen and oxygen atoms in total. The Kier molecular flexibility index (Phi) is 3.44. The van der Waals surface area contributed by atoms with Gasteiger partial charge in [0.15, 0.2) is 0 Å². The average Bonchev–Trinajstić information content (AvgIpc) is 2.06. The molecule has 0 spiro atoms. The van der Waals surface area contributed by atoms with E-state index in [1.165, 1.54) is 0 Å². The third-order valence-electron chi connectivity index (χ3n) is 1.39. The number of nitrogens with zero attached hydrogens (tertiary/aromatic N) is 1. The third-order valence-corrected chi connectivity index (χ3v) is 2.06. The van der Waals surface area contributed by atoms with Crippen LogP contribution in [0.25, 0.3) is 6.08 Å². The number of aromatic nitrogens is 1. The molecule has 0 atom stereocenters. The molecule has 0 saturated carbocycles. The van der Waals surface area contributed by atoms with Crippen molar-refractivity contribution in [3.05, 3.63) is 35.7 Å². The molecule has 1 aromatic rings. The first kappa shape index (κ1) is 9.42. The Morgan fingerprint density at radius 3 is 2.83 bits per heavy atom. The van der Waals surface area contributed by atoms with E-state index in [-0.39, 0.29) is 0 Å². The standard InChI is InChI=1S/C9H9NS2/c1-7(9(11)12)6-8-4-2-3-5-10-8/h2-6H,1H3,(H,11,12). The van der Waals surface area contributed by atoms with Crippen LogP contribution in [0.5, 0.6) is 0 Å². The molecule has 0 unspecified atom stereocenters. The summed E-state index contributed by atoms with van der Waals surface area (Å²) in [5.74, 6) is 0. The smallest absolute Gasteiger partial charge is 0.0705 e. The van der Waals surface area contributed by atoms with Gasteiger partial charge in [0.25, 0.3) is 0 Å². The van der Waals surface area contributed by atoms with E-state index in [1.54, 1.807) is 6.20 Å². The number of rotatable bonds is 2.